The standard InChI is InChI=1S/C14H19NO4.ClH/c1-3-5-10-18-12-8-6-11(7-9-12)13(15)19-14(16)17-4-2;/h6-9,15H,3-5,10H2,1-2H3;1H. The van der Waals surface area contributed by atoms with Crippen molar-refractivity contribution in [2.45, 2.75) is 26.7 Å². The largest absolute Gasteiger partial charge is 0.515 e. The Labute approximate surface area is 125 Å². The van der Waals surface area contributed by atoms with Crippen LogP contribution in [-0.4, -0.2) is 25.3 Å². The lowest BCUT2D eigenvalue weighted by Crippen LogP contribution is -2.13. The molecule has 1 aromatic carbocycles. The lowest BCUT2D eigenvalue weighted by Gasteiger charge is -2.07. The van der Waals surface area contributed by atoms with Crippen molar-refractivity contribution in [3.63, 3.8) is 0 Å². The zero-order valence-electron chi connectivity index (χ0n) is 11.7. The summed E-state index contributed by atoms with van der Waals surface area (Å²) in [5, 5.41) is 7.61. The Morgan fingerprint density at radius 3 is 2.40 bits per heavy atom. The molecule has 0 aromatic heterocycles. The topological polar surface area (TPSA) is 68.6 Å². The number of halogens is 1. The molecule has 0 fully saturated rings. The van der Waals surface area contributed by atoms with Crippen molar-refractivity contribution < 1.29 is 19.0 Å². The molecular formula is C14H20ClNO4. The summed E-state index contributed by atoms with van der Waals surface area (Å²) in [6, 6.07) is 6.83. The Morgan fingerprint density at radius 1 is 1.20 bits per heavy atom. The number of carbonyl (C=O) groups excluding carboxylic acids is 1. The van der Waals surface area contributed by atoms with E-state index in [1.54, 1.807) is 31.2 Å². The molecular weight excluding hydrogens is 282 g/mol. The van der Waals surface area contributed by atoms with Gasteiger partial charge in [0.1, 0.15) is 5.75 Å². The highest BCUT2D eigenvalue weighted by Crippen LogP contribution is 2.13. The molecule has 0 heterocycles. The summed E-state index contributed by atoms with van der Waals surface area (Å²) in [4.78, 5) is 11.1. The van der Waals surface area contributed by atoms with Gasteiger partial charge in [0.2, 0.25) is 5.90 Å². The Kier molecular flexibility index (Phi) is 9.20. The first-order valence-corrected chi connectivity index (χ1v) is 6.33. The summed E-state index contributed by atoms with van der Waals surface area (Å²) < 4.78 is 14.8. The molecule has 0 radical (unpaired) electrons. The highest BCUT2D eigenvalue weighted by atomic mass is 35.5. The zero-order chi connectivity index (χ0) is 14.1. The van der Waals surface area contributed by atoms with Crippen molar-refractivity contribution in [1.82, 2.24) is 0 Å². The molecule has 112 valence electrons. The number of benzene rings is 1. The van der Waals surface area contributed by atoms with Crippen molar-refractivity contribution >= 4 is 24.5 Å². The van der Waals surface area contributed by atoms with Crippen LogP contribution in [0.5, 0.6) is 5.75 Å². The van der Waals surface area contributed by atoms with Crippen LogP contribution in [0.1, 0.15) is 32.3 Å². The van der Waals surface area contributed by atoms with E-state index in [0.717, 1.165) is 18.6 Å². The van der Waals surface area contributed by atoms with Gasteiger partial charge in [0.15, 0.2) is 0 Å². The molecule has 0 bridgehead atoms. The lowest BCUT2D eigenvalue weighted by atomic mass is 10.2. The van der Waals surface area contributed by atoms with Crippen LogP contribution in [0.2, 0.25) is 0 Å². The van der Waals surface area contributed by atoms with Crippen LogP contribution in [-0.2, 0) is 9.47 Å². The van der Waals surface area contributed by atoms with Crippen LogP contribution in [0.15, 0.2) is 24.3 Å². The molecule has 1 rings (SSSR count). The second-order valence-corrected chi connectivity index (χ2v) is 3.84. The third-order valence-electron chi connectivity index (χ3n) is 2.33. The van der Waals surface area contributed by atoms with Crippen LogP contribution in [0.3, 0.4) is 0 Å². The van der Waals surface area contributed by atoms with E-state index in [-0.39, 0.29) is 24.9 Å². The normalized spacial score (nSPS) is 9.30. The molecule has 0 unspecified atom stereocenters. The summed E-state index contributed by atoms with van der Waals surface area (Å²) in [6.07, 6.45) is 1.22. The molecule has 0 aliphatic carbocycles. The summed E-state index contributed by atoms with van der Waals surface area (Å²) >= 11 is 0. The van der Waals surface area contributed by atoms with Crippen molar-refractivity contribution in [1.29, 1.82) is 5.41 Å². The van der Waals surface area contributed by atoms with Gasteiger partial charge in [-0.25, -0.2) is 4.79 Å². The fourth-order valence-corrected chi connectivity index (χ4v) is 1.33. The van der Waals surface area contributed by atoms with Gasteiger partial charge >= 0.3 is 6.16 Å². The smallest absolute Gasteiger partial charge is 0.494 e. The molecule has 0 spiro atoms. The maximum absolute atomic E-state index is 11.1. The van der Waals surface area contributed by atoms with E-state index >= 15 is 0 Å². The molecule has 0 aliphatic heterocycles. The van der Waals surface area contributed by atoms with Crippen molar-refractivity contribution in [2.24, 2.45) is 0 Å². The summed E-state index contributed by atoms with van der Waals surface area (Å²) in [7, 11) is 0. The van der Waals surface area contributed by atoms with E-state index in [2.05, 4.69) is 11.7 Å². The minimum atomic E-state index is -0.865. The zero-order valence-corrected chi connectivity index (χ0v) is 12.5. The van der Waals surface area contributed by atoms with Crippen LogP contribution < -0.4 is 4.74 Å². The van der Waals surface area contributed by atoms with Gasteiger partial charge in [0.05, 0.1) is 13.2 Å². The average Bonchev–Trinajstić information content (AvgIpc) is 2.40. The monoisotopic (exact) mass is 301 g/mol. The van der Waals surface area contributed by atoms with Gasteiger partial charge in [-0.05, 0) is 37.6 Å². The van der Waals surface area contributed by atoms with Crippen molar-refractivity contribution in [3.05, 3.63) is 29.8 Å². The summed E-state index contributed by atoms with van der Waals surface area (Å²) in [5.74, 6) is 0.500. The fourth-order valence-electron chi connectivity index (χ4n) is 1.33. The Hall–Kier alpha value is -1.75. The molecule has 1 N–H and O–H groups in total. The minimum absolute atomic E-state index is 0. The molecule has 6 heteroatoms. The number of carbonyl (C=O) groups is 1. The van der Waals surface area contributed by atoms with E-state index < -0.39 is 6.16 Å². The predicted octanol–water partition coefficient (Wildman–Crippen LogP) is 3.79. The van der Waals surface area contributed by atoms with Crippen molar-refractivity contribution in [2.75, 3.05) is 13.2 Å². The van der Waals surface area contributed by atoms with E-state index in [9.17, 15) is 4.79 Å². The first kappa shape index (κ1) is 18.2. The number of hydrogen-bond acceptors (Lipinski definition) is 5. The van der Waals surface area contributed by atoms with Gasteiger partial charge < -0.3 is 14.2 Å². The Morgan fingerprint density at radius 2 is 1.85 bits per heavy atom. The Bertz CT molecular complexity index is 420. The summed E-state index contributed by atoms with van der Waals surface area (Å²) in [5.41, 5.74) is 0.496. The predicted molar refractivity (Wildman–Crippen MR) is 79.0 cm³/mol. The van der Waals surface area contributed by atoms with Gasteiger partial charge in [0.25, 0.3) is 0 Å². The molecule has 0 atom stereocenters. The maximum atomic E-state index is 11.1. The first-order chi connectivity index (χ1) is 9.17. The first-order valence-electron chi connectivity index (χ1n) is 6.33. The van der Waals surface area contributed by atoms with Gasteiger partial charge in [0, 0.05) is 5.56 Å². The third kappa shape index (κ3) is 6.43. The highest BCUT2D eigenvalue weighted by molar-refractivity contribution is 5.97. The molecule has 0 saturated carbocycles. The molecule has 20 heavy (non-hydrogen) atoms. The molecule has 0 amide bonds. The van der Waals surface area contributed by atoms with Gasteiger partial charge in [-0.15, -0.1) is 12.4 Å². The molecule has 0 saturated heterocycles. The number of ether oxygens (including phenoxy) is 3. The van der Waals surface area contributed by atoms with E-state index in [1.165, 1.54) is 0 Å². The van der Waals surface area contributed by atoms with Crippen LogP contribution in [0, 0.1) is 5.41 Å². The van der Waals surface area contributed by atoms with Gasteiger partial charge in [-0.2, -0.15) is 0 Å². The number of unbranched alkanes of at least 4 members (excludes halogenated alkanes) is 1. The fraction of sp³-hybridized carbons (Fsp3) is 0.429. The SMILES string of the molecule is CCCCOc1ccc(C(=N)OC(=O)OCC)cc1.Cl. The van der Waals surface area contributed by atoms with E-state index in [0.29, 0.717) is 12.2 Å². The van der Waals surface area contributed by atoms with Gasteiger partial charge in [-0.3, -0.25) is 5.41 Å². The second kappa shape index (κ2) is 10.1. The van der Waals surface area contributed by atoms with E-state index in [1.807, 2.05) is 0 Å². The summed E-state index contributed by atoms with van der Waals surface area (Å²) in [6.45, 7) is 4.66. The Balaban J connectivity index is 0.00000361. The lowest BCUT2D eigenvalue weighted by molar-refractivity contribution is 0.100. The number of nitrogens with one attached hydrogen (secondary N) is 1. The number of hydrogen-bond donors (Lipinski definition) is 1. The minimum Gasteiger partial charge on any atom is -0.494 e. The number of rotatable bonds is 6. The van der Waals surface area contributed by atoms with Gasteiger partial charge in [-0.1, -0.05) is 13.3 Å². The average molecular weight is 302 g/mol. The second-order valence-electron chi connectivity index (χ2n) is 3.84. The van der Waals surface area contributed by atoms with Crippen LogP contribution >= 0.6 is 12.4 Å². The maximum Gasteiger partial charge on any atom is 0.515 e. The molecule has 1 aromatic rings. The third-order valence-corrected chi connectivity index (χ3v) is 2.33. The van der Waals surface area contributed by atoms with Crippen molar-refractivity contribution in [3.8, 4) is 5.75 Å². The van der Waals surface area contributed by atoms with Crippen LogP contribution in [0.25, 0.3) is 0 Å². The van der Waals surface area contributed by atoms with E-state index in [4.69, 9.17) is 14.9 Å². The van der Waals surface area contributed by atoms with Crippen LogP contribution in [0.4, 0.5) is 4.79 Å². The highest BCUT2D eigenvalue weighted by Gasteiger charge is 2.10. The molecule has 0 aliphatic rings. The quantitative estimate of drug-likeness (QED) is 0.376. The molecule has 5 nitrogen and oxygen atoms in total.